The van der Waals surface area contributed by atoms with Crippen molar-refractivity contribution in [2.75, 3.05) is 20.6 Å². The highest BCUT2D eigenvalue weighted by molar-refractivity contribution is 5.73. The molecule has 1 aliphatic rings. The Kier molecular flexibility index (Phi) is 5.20. The molecule has 0 spiro atoms. The molecule has 0 saturated heterocycles. The lowest BCUT2D eigenvalue weighted by Crippen LogP contribution is -2.27. The molecule has 0 aliphatic carbocycles. The molecule has 0 unspecified atom stereocenters. The van der Waals surface area contributed by atoms with E-state index in [0.29, 0.717) is 18.8 Å². The van der Waals surface area contributed by atoms with Crippen molar-refractivity contribution in [3.63, 3.8) is 0 Å². The van der Waals surface area contributed by atoms with Crippen LogP contribution in [0.4, 0.5) is 5.69 Å². The average molecular weight is 476 g/mol. The maximum absolute atomic E-state index is 13.0. The van der Waals surface area contributed by atoms with Crippen molar-refractivity contribution in [1.29, 1.82) is 0 Å². The van der Waals surface area contributed by atoms with Crippen LogP contribution in [0, 0.1) is 6.57 Å². The fraction of sp³-hybridized carbons (Fsp3) is 0.179. The van der Waals surface area contributed by atoms with Gasteiger partial charge in [-0.15, -0.1) is 0 Å². The molecule has 0 saturated carbocycles. The lowest BCUT2D eigenvalue weighted by atomic mass is 10.1. The molecule has 1 aliphatic heterocycles. The van der Waals surface area contributed by atoms with Gasteiger partial charge in [0.25, 0.3) is 0 Å². The average Bonchev–Trinajstić information content (AvgIpc) is 3.60. The number of likely N-dealkylation sites (N-methyl/N-ethyl adjacent to an activating group) is 1. The molecule has 36 heavy (non-hydrogen) atoms. The van der Waals surface area contributed by atoms with Gasteiger partial charge in [-0.1, -0.05) is 24.3 Å². The third-order valence-corrected chi connectivity index (χ3v) is 6.67. The summed E-state index contributed by atoms with van der Waals surface area (Å²) >= 11 is 0. The summed E-state index contributed by atoms with van der Waals surface area (Å²) < 4.78 is 7.76. The molecule has 0 fully saturated rings. The van der Waals surface area contributed by atoms with Gasteiger partial charge in [0.2, 0.25) is 0 Å². The minimum atomic E-state index is -0.0412. The van der Waals surface area contributed by atoms with Crippen LogP contribution in [-0.4, -0.2) is 48.8 Å². The molecule has 6 rings (SSSR count). The summed E-state index contributed by atoms with van der Waals surface area (Å²) in [6, 6.07) is 15.9. The van der Waals surface area contributed by atoms with Crippen LogP contribution in [0.3, 0.4) is 0 Å². The Hall–Kier alpha value is -4.61. The van der Waals surface area contributed by atoms with Crippen LogP contribution < -0.4 is 5.69 Å². The standard InChI is InChI=1S/C28H25N7O/c1-29-23-6-4-20(5-7-23)21-17-26-27-30-10-11-35(27)25-9-8-24(16-22(25)19-33(26)18-21)34-15-14-32(28(34)36)13-12-31(2)3/h4-11,14-18H,12-13,19H2,2-3H3. The lowest BCUT2D eigenvalue weighted by molar-refractivity contribution is 0.380. The first-order valence-electron chi connectivity index (χ1n) is 11.8. The van der Waals surface area contributed by atoms with Crippen molar-refractivity contribution in [2.45, 2.75) is 13.1 Å². The molecular weight excluding hydrogens is 450 g/mol. The lowest BCUT2D eigenvalue weighted by Gasteiger charge is -2.12. The van der Waals surface area contributed by atoms with Crippen LogP contribution >= 0.6 is 0 Å². The van der Waals surface area contributed by atoms with Gasteiger partial charge in [0, 0.05) is 56.2 Å². The van der Waals surface area contributed by atoms with Crippen LogP contribution in [0.5, 0.6) is 0 Å². The summed E-state index contributed by atoms with van der Waals surface area (Å²) in [5, 5.41) is 0. The summed E-state index contributed by atoms with van der Waals surface area (Å²) in [6.45, 7) is 9.30. The van der Waals surface area contributed by atoms with Gasteiger partial charge in [-0.25, -0.2) is 14.6 Å². The fourth-order valence-electron chi connectivity index (χ4n) is 4.76. The van der Waals surface area contributed by atoms with Gasteiger partial charge in [0.05, 0.1) is 23.6 Å². The van der Waals surface area contributed by atoms with Crippen molar-refractivity contribution in [2.24, 2.45) is 0 Å². The molecule has 0 amide bonds. The number of nitrogens with zero attached hydrogens (tertiary/aromatic N) is 7. The summed E-state index contributed by atoms with van der Waals surface area (Å²) in [4.78, 5) is 23.3. The van der Waals surface area contributed by atoms with Gasteiger partial charge >= 0.3 is 5.69 Å². The van der Waals surface area contributed by atoms with Gasteiger partial charge in [0.1, 0.15) is 0 Å². The van der Waals surface area contributed by atoms with E-state index in [9.17, 15) is 4.79 Å². The minimum Gasteiger partial charge on any atom is -0.340 e. The number of benzene rings is 2. The third-order valence-electron chi connectivity index (χ3n) is 6.67. The molecule has 4 heterocycles. The van der Waals surface area contributed by atoms with Gasteiger partial charge in [-0.3, -0.25) is 13.7 Å². The number of hydrogen-bond acceptors (Lipinski definition) is 3. The number of hydrogen-bond donors (Lipinski definition) is 0. The molecule has 8 heteroatoms. The molecule has 0 N–H and O–H groups in total. The summed E-state index contributed by atoms with van der Waals surface area (Å²) in [7, 11) is 4.00. The number of rotatable bonds is 5. The normalized spacial score (nSPS) is 12.1. The van der Waals surface area contributed by atoms with Crippen LogP contribution in [0.2, 0.25) is 0 Å². The number of fused-ring (bicyclic) bond motifs is 5. The zero-order chi connectivity index (χ0) is 24.8. The maximum Gasteiger partial charge on any atom is 0.332 e. The first-order valence-corrected chi connectivity index (χ1v) is 11.8. The Bertz CT molecular complexity index is 1670. The van der Waals surface area contributed by atoms with E-state index in [1.165, 1.54) is 0 Å². The monoisotopic (exact) mass is 475 g/mol. The SMILES string of the molecule is [C-]#[N+]c1ccc(-c2cc3n(c2)Cc2cc(-n4ccn(CCN(C)C)c4=O)ccc2-n2ccnc2-3)cc1. The molecule has 178 valence electrons. The van der Waals surface area contributed by atoms with Crippen molar-refractivity contribution >= 4 is 5.69 Å². The molecule has 5 aromatic rings. The molecule has 2 aromatic carbocycles. The topological polar surface area (TPSA) is 57.3 Å². The smallest absolute Gasteiger partial charge is 0.332 e. The van der Waals surface area contributed by atoms with Crippen molar-refractivity contribution in [3.8, 4) is 34.0 Å². The van der Waals surface area contributed by atoms with Crippen LogP contribution in [0.1, 0.15) is 5.56 Å². The highest BCUT2D eigenvalue weighted by atomic mass is 16.1. The Morgan fingerprint density at radius 2 is 1.83 bits per heavy atom. The van der Waals surface area contributed by atoms with E-state index in [1.807, 2.05) is 69.2 Å². The third kappa shape index (κ3) is 3.67. The van der Waals surface area contributed by atoms with Crippen LogP contribution in [0.25, 0.3) is 38.9 Å². The quantitative estimate of drug-likeness (QED) is 0.347. The zero-order valence-corrected chi connectivity index (χ0v) is 20.2. The summed E-state index contributed by atoms with van der Waals surface area (Å²) in [5.41, 5.74) is 6.74. The Labute approximate surface area is 208 Å². The minimum absolute atomic E-state index is 0.0412. The van der Waals surface area contributed by atoms with E-state index in [1.54, 1.807) is 9.13 Å². The van der Waals surface area contributed by atoms with E-state index < -0.39 is 0 Å². The Morgan fingerprint density at radius 1 is 1.00 bits per heavy atom. The largest absolute Gasteiger partial charge is 0.340 e. The Morgan fingerprint density at radius 3 is 2.61 bits per heavy atom. The predicted molar refractivity (Wildman–Crippen MR) is 140 cm³/mol. The highest BCUT2D eigenvalue weighted by Gasteiger charge is 2.22. The summed E-state index contributed by atoms with van der Waals surface area (Å²) in [5.74, 6) is 0.873. The maximum atomic E-state index is 13.0. The van der Waals surface area contributed by atoms with Crippen molar-refractivity contribution in [1.82, 2.24) is 28.2 Å². The molecule has 0 bridgehead atoms. The zero-order valence-electron chi connectivity index (χ0n) is 20.2. The van der Waals surface area contributed by atoms with Crippen molar-refractivity contribution in [3.05, 3.63) is 107 Å². The van der Waals surface area contributed by atoms with E-state index in [4.69, 9.17) is 6.57 Å². The molecular formula is C28H25N7O. The highest BCUT2D eigenvalue weighted by Crippen LogP contribution is 2.34. The Balaban J connectivity index is 1.41. The molecule has 0 radical (unpaired) electrons. The van der Waals surface area contributed by atoms with Gasteiger partial charge in [0.15, 0.2) is 11.5 Å². The first kappa shape index (κ1) is 21.9. The summed E-state index contributed by atoms with van der Waals surface area (Å²) in [6.07, 6.45) is 9.61. The fourth-order valence-corrected chi connectivity index (χ4v) is 4.76. The molecule has 8 nitrogen and oxygen atoms in total. The van der Waals surface area contributed by atoms with Gasteiger partial charge < -0.3 is 9.47 Å². The second kappa shape index (κ2) is 8.56. The number of imidazole rings is 2. The van der Waals surface area contributed by atoms with E-state index >= 15 is 0 Å². The van der Waals surface area contributed by atoms with Crippen LogP contribution in [0.15, 0.2) is 84.3 Å². The first-order chi connectivity index (χ1) is 17.5. The van der Waals surface area contributed by atoms with E-state index in [2.05, 4.69) is 48.3 Å². The van der Waals surface area contributed by atoms with Gasteiger partial charge in [-0.05, 0) is 49.5 Å². The van der Waals surface area contributed by atoms with E-state index in [-0.39, 0.29) is 5.69 Å². The molecule has 0 atom stereocenters. The van der Waals surface area contributed by atoms with Crippen molar-refractivity contribution < 1.29 is 0 Å². The van der Waals surface area contributed by atoms with E-state index in [0.717, 1.165) is 46.1 Å². The second-order valence-electron chi connectivity index (χ2n) is 9.28. The predicted octanol–water partition coefficient (Wildman–Crippen LogP) is 4.43. The van der Waals surface area contributed by atoms with Crippen LogP contribution in [-0.2, 0) is 13.1 Å². The second-order valence-corrected chi connectivity index (χ2v) is 9.28. The molecule has 3 aromatic heterocycles. The van der Waals surface area contributed by atoms with Gasteiger partial charge in [-0.2, -0.15) is 0 Å². The number of aromatic nitrogens is 5.